The zero-order valence-electron chi connectivity index (χ0n) is 11.0. The van der Waals surface area contributed by atoms with Crippen molar-refractivity contribution in [2.75, 3.05) is 7.11 Å². The van der Waals surface area contributed by atoms with Crippen molar-refractivity contribution in [3.63, 3.8) is 0 Å². The van der Waals surface area contributed by atoms with E-state index in [0.29, 0.717) is 0 Å². The first kappa shape index (κ1) is 13.2. The van der Waals surface area contributed by atoms with Crippen LogP contribution in [0.5, 0.6) is 5.75 Å². The second-order valence-electron chi connectivity index (χ2n) is 4.48. The fourth-order valence-corrected chi connectivity index (χ4v) is 2.10. The molecule has 0 heterocycles. The van der Waals surface area contributed by atoms with Crippen molar-refractivity contribution in [2.24, 2.45) is 0 Å². The van der Waals surface area contributed by atoms with E-state index in [9.17, 15) is 5.26 Å². The van der Waals surface area contributed by atoms with Gasteiger partial charge in [0.05, 0.1) is 19.1 Å². The van der Waals surface area contributed by atoms with Crippen LogP contribution in [0.15, 0.2) is 54.6 Å². The molecule has 0 amide bonds. The predicted octanol–water partition coefficient (Wildman–Crippen LogP) is 3.94. The van der Waals surface area contributed by atoms with E-state index in [1.54, 1.807) is 7.11 Å². The molecule has 0 aliphatic carbocycles. The quantitative estimate of drug-likeness (QED) is 0.806. The second kappa shape index (κ2) is 6.61. The van der Waals surface area contributed by atoms with Crippen molar-refractivity contribution >= 4 is 0 Å². The molecule has 1 atom stereocenters. The lowest BCUT2D eigenvalue weighted by Gasteiger charge is -2.10. The zero-order valence-corrected chi connectivity index (χ0v) is 11.0. The number of rotatable bonds is 5. The highest BCUT2D eigenvalue weighted by molar-refractivity contribution is 5.32. The van der Waals surface area contributed by atoms with Crippen LogP contribution in [-0.2, 0) is 6.42 Å². The summed E-state index contributed by atoms with van der Waals surface area (Å²) < 4.78 is 5.13. The summed E-state index contributed by atoms with van der Waals surface area (Å²) in [5.41, 5.74) is 2.33. The standard InChI is InChI=1S/C17H17NO/c1-19-17-11-9-15(10-12-17)16(13-18)8-7-14-5-3-2-4-6-14/h2-6,9-12,16H,7-8H2,1H3/t16-/m0/s1. The average molecular weight is 251 g/mol. The monoisotopic (exact) mass is 251 g/mol. The highest BCUT2D eigenvalue weighted by atomic mass is 16.5. The molecule has 0 aliphatic heterocycles. The molecule has 2 aromatic carbocycles. The number of ether oxygens (including phenoxy) is 1. The summed E-state index contributed by atoms with van der Waals surface area (Å²) >= 11 is 0. The van der Waals surface area contributed by atoms with Crippen molar-refractivity contribution in [3.05, 3.63) is 65.7 Å². The van der Waals surface area contributed by atoms with Crippen LogP contribution < -0.4 is 4.74 Å². The Labute approximate surface area is 114 Å². The summed E-state index contributed by atoms with van der Waals surface area (Å²) in [4.78, 5) is 0. The Kier molecular flexibility index (Phi) is 4.58. The molecule has 2 rings (SSSR count). The third kappa shape index (κ3) is 3.59. The molecule has 2 aromatic rings. The van der Waals surface area contributed by atoms with E-state index in [0.717, 1.165) is 24.2 Å². The van der Waals surface area contributed by atoms with Crippen LogP contribution in [0.4, 0.5) is 0 Å². The van der Waals surface area contributed by atoms with E-state index in [1.807, 2.05) is 42.5 Å². The average Bonchev–Trinajstić information content (AvgIpc) is 2.49. The third-order valence-corrected chi connectivity index (χ3v) is 3.24. The summed E-state index contributed by atoms with van der Waals surface area (Å²) in [5, 5.41) is 9.30. The summed E-state index contributed by atoms with van der Waals surface area (Å²) in [6.07, 6.45) is 1.76. The molecule has 0 saturated heterocycles. The molecule has 0 N–H and O–H groups in total. The minimum atomic E-state index is -0.0638. The lowest BCUT2D eigenvalue weighted by atomic mass is 9.93. The number of aryl methyl sites for hydroxylation is 1. The minimum absolute atomic E-state index is 0.0638. The van der Waals surface area contributed by atoms with Crippen LogP contribution in [0.2, 0.25) is 0 Å². The van der Waals surface area contributed by atoms with Gasteiger partial charge in [0.25, 0.3) is 0 Å². The Morgan fingerprint density at radius 2 is 1.74 bits per heavy atom. The number of hydrogen-bond donors (Lipinski definition) is 0. The van der Waals surface area contributed by atoms with Crippen LogP contribution >= 0.6 is 0 Å². The second-order valence-corrected chi connectivity index (χ2v) is 4.48. The summed E-state index contributed by atoms with van der Waals surface area (Å²) in [6, 6.07) is 20.4. The Morgan fingerprint density at radius 1 is 1.05 bits per heavy atom. The topological polar surface area (TPSA) is 33.0 Å². The van der Waals surface area contributed by atoms with Crippen molar-refractivity contribution in [1.29, 1.82) is 5.26 Å². The molecule has 0 radical (unpaired) electrons. The van der Waals surface area contributed by atoms with Crippen LogP contribution in [0.1, 0.15) is 23.5 Å². The molecule has 0 fully saturated rings. The van der Waals surface area contributed by atoms with E-state index in [4.69, 9.17) is 4.74 Å². The van der Waals surface area contributed by atoms with Gasteiger partial charge < -0.3 is 4.74 Å². The number of hydrogen-bond acceptors (Lipinski definition) is 2. The van der Waals surface area contributed by atoms with Gasteiger partial charge >= 0.3 is 0 Å². The van der Waals surface area contributed by atoms with Gasteiger partial charge in [0.2, 0.25) is 0 Å². The third-order valence-electron chi connectivity index (χ3n) is 3.24. The van der Waals surface area contributed by atoms with Gasteiger partial charge in [0.15, 0.2) is 0 Å². The molecule has 0 unspecified atom stereocenters. The first-order valence-corrected chi connectivity index (χ1v) is 6.41. The molecule has 19 heavy (non-hydrogen) atoms. The molecular formula is C17H17NO. The fraction of sp³-hybridized carbons (Fsp3) is 0.235. The van der Waals surface area contributed by atoms with Gasteiger partial charge in [-0.15, -0.1) is 0 Å². The number of methoxy groups -OCH3 is 1. The lowest BCUT2D eigenvalue weighted by Crippen LogP contribution is -1.98. The first-order chi connectivity index (χ1) is 9.33. The maximum absolute atomic E-state index is 9.30. The first-order valence-electron chi connectivity index (χ1n) is 6.41. The van der Waals surface area contributed by atoms with Gasteiger partial charge in [-0.05, 0) is 36.1 Å². The van der Waals surface area contributed by atoms with Crippen molar-refractivity contribution in [2.45, 2.75) is 18.8 Å². The van der Waals surface area contributed by atoms with Gasteiger partial charge in [-0.1, -0.05) is 42.5 Å². The number of benzene rings is 2. The van der Waals surface area contributed by atoms with Crippen molar-refractivity contribution in [3.8, 4) is 11.8 Å². The molecule has 96 valence electrons. The molecule has 0 saturated carbocycles. The molecule has 0 aromatic heterocycles. The minimum Gasteiger partial charge on any atom is -0.497 e. The Balaban J connectivity index is 2.02. The van der Waals surface area contributed by atoms with Crippen LogP contribution in [-0.4, -0.2) is 7.11 Å². The van der Waals surface area contributed by atoms with Crippen molar-refractivity contribution < 1.29 is 4.74 Å². The van der Waals surface area contributed by atoms with Crippen LogP contribution in [0.25, 0.3) is 0 Å². The Hall–Kier alpha value is -2.27. The summed E-state index contributed by atoms with van der Waals surface area (Å²) in [5.74, 6) is 0.759. The maximum atomic E-state index is 9.30. The SMILES string of the molecule is COc1ccc([C@H](C#N)CCc2ccccc2)cc1. The Bertz CT molecular complexity index is 540. The molecule has 0 aliphatic rings. The zero-order chi connectivity index (χ0) is 13.5. The molecule has 0 bridgehead atoms. The molecule has 2 heteroatoms. The van der Waals surface area contributed by atoms with Gasteiger partial charge in [-0.2, -0.15) is 5.26 Å². The highest BCUT2D eigenvalue weighted by Crippen LogP contribution is 2.23. The van der Waals surface area contributed by atoms with E-state index < -0.39 is 0 Å². The smallest absolute Gasteiger partial charge is 0.118 e. The van der Waals surface area contributed by atoms with E-state index in [-0.39, 0.29) is 5.92 Å². The summed E-state index contributed by atoms with van der Waals surface area (Å²) in [6.45, 7) is 0. The van der Waals surface area contributed by atoms with E-state index in [2.05, 4.69) is 18.2 Å². The van der Waals surface area contributed by atoms with Crippen LogP contribution in [0, 0.1) is 11.3 Å². The van der Waals surface area contributed by atoms with Crippen LogP contribution in [0.3, 0.4) is 0 Å². The fourth-order valence-electron chi connectivity index (χ4n) is 2.10. The number of nitrogens with zero attached hydrogens (tertiary/aromatic N) is 1. The van der Waals surface area contributed by atoms with Crippen molar-refractivity contribution in [1.82, 2.24) is 0 Å². The highest BCUT2D eigenvalue weighted by Gasteiger charge is 2.10. The van der Waals surface area contributed by atoms with Gasteiger partial charge in [-0.3, -0.25) is 0 Å². The largest absolute Gasteiger partial charge is 0.497 e. The Morgan fingerprint density at radius 3 is 2.32 bits per heavy atom. The summed E-state index contributed by atoms with van der Waals surface area (Å²) in [7, 11) is 1.65. The lowest BCUT2D eigenvalue weighted by molar-refractivity contribution is 0.414. The maximum Gasteiger partial charge on any atom is 0.118 e. The van der Waals surface area contributed by atoms with E-state index >= 15 is 0 Å². The molecule has 2 nitrogen and oxygen atoms in total. The van der Waals surface area contributed by atoms with E-state index in [1.165, 1.54) is 5.56 Å². The normalized spacial score (nSPS) is 11.6. The van der Waals surface area contributed by atoms with Gasteiger partial charge in [0, 0.05) is 0 Å². The predicted molar refractivity (Wildman–Crippen MR) is 76.1 cm³/mol. The number of nitriles is 1. The van der Waals surface area contributed by atoms with Gasteiger partial charge in [-0.25, -0.2) is 0 Å². The molecular weight excluding hydrogens is 234 g/mol. The molecule has 0 spiro atoms. The van der Waals surface area contributed by atoms with Gasteiger partial charge in [0.1, 0.15) is 5.75 Å².